The second-order valence-corrected chi connectivity index (χ2v) is 7.05. The largest absolute Gasteiger partial charge is 0.324 e. The summed E-state index contributed by atoms with van der Waals surface area (Å²) in [4.78, 5) is 14.1. The van der Waals surface area contributed by atoms with Crippen molar-refractivity contribution in [3.63, 3.8) is 0 Å². The van der Waals surface area contributed by atoms with Crippen LogP contribution in [0, 0.1) is 19.8 Å². The number of amides is 2. The van der Waals surface area contributed by atoms with Crippen LogP contribution in [-0.2, 0) is 6.42 Å². The number of carbonyl (C=O) groups excluding carboxylic acids is 1. The number of carbonyl (C=O) groups is 1. The van der Waals surface area contributed by atoms with Crippen molar-refractivity contribution >= 4 is 22.6 Å². The summed E-state index contributed by atoms with van der Waals surface area (Å²) in [5.74, 6) is 0.659. The van der Waals surface area contributed by atoms with Crippen molar-refractivity contribution in [2.24, 2.45) is 5.92 Å². The van der Waals surface area contributed by atoms with Gasteiger partial charge < -0.3 is 4.90 Å². The number of piperidine rings is 1. The van der Waals surface area contributed by atoms with Crippen LogP contribution >= 0.6 is 11.5 Å². The summed E-state index contributed by atoms with van der Waals surface area (Å²) in [6.45, 7) is 5.94. The Labute approximate surface area is 140 Å². The molecule has 2 heterocycles. The second kappa shape index (κ2) is 7.08. The first kappa shape index (κ1) is 15.9. The molecule has 1 aromatic heterocycles. The van der Waals surface area contributed by atoms with E-state index in [0.717, 1.165) is 32.4 Å². The highest BCUT2D eigenvalue weighted by Crippen LogP contribution is 2.23. The standard InChI is InChI=1S/C17H22N4OS/c1-12-3-4-15(9-13(12)2)10-14-5-7-21(8-6-14)17(22)19-16-11-18-20-23-16/h3-4,9,11,14H,5-8,10H2,1-2H3,(H,19,22). The number of likely N-dealkylation sites (tertiary alicyclic amines) is 1. The minimum absolute atomic E-state index is 0.0410. The van der Waals surface area contributed by atoms with E-state index in [-0.39, 0.29) is 6.03 Å². The van der Waals surface area contributed by atoms with Crippen molar-refractivity contribution in [1.29, 1.82) is 0 Å². The van der Waals surface area contributed by atoms with Gasteiger partial charge in [0.2, 0.25) is 0 Å². The average Bonchev–Trinajstić information content (AvgIpc) is 3.04. The predicted octanol–water partition coefficient (Wildman–Crippen LogP) is 3.64. The Morgan fingerprint density at radius 2 is 2.09 bits per heavy atom. The lowest BCUT2D eigenvalue weighted by Gasteiger charge is -2.32. The van der Waals surface area contributed by atoms with Crippen LogP contribution in [-0.4, -0.2) is 33.6 Å². The van der Waals surface area contributed by atoms with E-state index < -0.39 is 0 Å². The van der Waals surface area contributed by atoms with Crippen molar-refractivity contribution in [1.82, 2.24) is 14.5 Å². The minimum atomic E-state index is -0.0410. The van der Waals surface area contributed by atoms with Gasteiger partial charge in [0.25, 0.3) is 0 Å². The van der Waals surface area contributed by atoms with Crippen LogP contribution in [0.5, 0.6) is 0 Å². The van der Waals surface area contributed by atoms with Crippen LogP contribution in [0.1, 0.15) is 29.5 Å². The topological polar surface area (TPSA) is 58.1 Å². The first-order valence-corrected chi connectivity index (χ1v) is 8.78. The number of urea groups is 1. The van der Waals surface area contributed by atoms with Gasteiger partial charge in [-0.3, -0.25) is 5.32 Å². The van der Waals surface area contributed by atoms with Gasteiger partial charge >= 0.3 is 6.03 Å². The molecule has 0 atom stereocenters. The Morgan fingerprint density at radius 3 is 2.74 bits per heavy atom. The minimum Gasteiger partial charge on any atom is -0.324 e. The van der Waals surface area contributed by atoms with Crippen LogP contribution in [0.2, 0.25) is 0 Å². The zero-order chi connectivity index (χ0) is 16.2. The highest BCUT2D eigenvalue weighted by atomic mass is 32.1. The molecule has 6 heteroatoms. The predicted molar refractivity (Wildman–Crippen MR) is 92.8 cm³/mol. The number of hydrogen-bond donors (Lipinski definition) is 1. The van der Waals surface area contributed by atoms with E-state index in [9.17, 15) is 4.79 Å². The van der Waals surface area contributed by atoms with E-state index in [1.165, 1.54) is 28.2 Å². The molecule has 23 heavy (non-hydrogen) atoms. The van der Waals surface area contributed by atoms with E-state index >= 15 is 0 Å². The molecule has 0 bridgehead atoms. The maximum absolute atomic E-state index is 12.2. The van der Waals surface area contributed by atoms with Crippen molar-refractivity contribution in [3.05, 3.63) is 41.1 Å². The molecule has 2 aromatic rings. The lowest BCUT2D eigenvalue weighted by molar-refractivity contribution is 0.182. The molecule has 122 valence electrons. The van der Waals surface area contributed by atoms with Gasteiger partial charge in [0, 0.05) is 24.6 Å². The molecule has 0 saturated carbocycles. The maximum Gasteiger partial charge on any atom is 0.322 e. The first-order valence-electron chi connectivity index (χ1n) is 8.01. The molecule has 0 spiro atoms. The molecular weight excluding hydrogens is 308 g/mol. The fourth-order valence-electron chi connectivity index (χ4n) is 3.01. The molecule has 0 unspecified atom stereocenters. The van der Waals surface area contributed by atoms with E-state index in [4.69, 9.17) is 0 Å². The van der Waals surface area contributed by atoms with Crippen LogP contribution in [0.3, 0.4) is 0 Å². The summed E-state index contributed by atoms with van der Waals surface area (Å²) in [6.07, 6.45) is 4.80. The fraction of sp³-hybridized carbons (Fsp3) is 0.471. The highest BCUT2D eigenvalue weighted by Gasteiger charge is 2.23. The summed E-state index contributed by atoms with van der Waals surface area (Å²) >= 11 is 1.20. The lowest BCUT2D eigenvalue weighted by Crippen LogP contribution is -2.41. The molecule has 1 aromatic carbocycles. The number of nitrogens with one attached hydrogen (secondary N) is 1. The smallest absolute Gasteiger partial charge is 0.322 e. The Hall–Kier alpha value is -1.95. The van der Waals surface area contributed by atoms with Crippen LogP contribution in [0.25, 0.3) is 0 Å². The van der Waals surface area contributed by atoms with Crippen LogP contribution in [0.4, 0.5) is 9.80 Å². The molecule has 3 rings (SSSR count). The van der Waals surface area contributed by atoms with Gasteiger partial charge in [-0.15, -0.1) is 5.10 Å². The molecule has 1 aliphatic rings. The molecular formula is C17H22N4OS. The number of nitrogens with zero attached hydrogens (tertiary/aromatic N) is 3. The van der Waals surface area contributed by atoms with Gasteiger partial charge in [0.05, 0.1) is 6.20 Å². The monoisotopic (exact) mass is 330 g/mol. The van der Waals surface area contributed by atoms with E-state index in [2.05, 4.69) is 47.0 Å². The van der Waals surface area contributed by atoms with Crippen molar-refractivity contribution in [2.75, 3.05) is 18.4 Å². The summed E-state index contributed by atoms with van der Waals surface area (Å²) < 4.78 is 3.75. The number of benzene rings is 1. The number of hydrogen-bond acceptors (Lipinski definition) is 4. The molecule has 5 nitrogen and oxygen atoms in total. The number of anilines is 1. The zero-order valence-electron chi connectivity index (χ0n) is 13.6. The summed E-state index contributed by atoms with van der Waals surface area (Å²) in [5.41, 5.74) is 4.11. The van der Waals surface area contributed by atoms with Gasteiger partial charge in [-0.1, -0.05) is 22.7 Å². The average molecular weight is 330 g/mol. The van der Waals surface area contributed by atoms with Crippen LogP contribution < -0.4 is 5.32 Å². The normalized spacial score (nSPS) is 15.7. The van der Waals surface area contributed by atoms with Crippen molar-refractivity contribution in [3.8, 4) is 0 Å². The third kappa shape index (κ3) is 4.07. The molecule has 1 aliphatic heterocycles. The number of rotatable bonds is 3. The molecule has 1 N–H and O–H groups in total. The highest BCUT2D eigenvalue weighted by molar-refractivity contribution is 7.10. The third-order valence-corrected chi connectivity index (χ3v) is 5.17. The lowest BCUT2D eigenvalue weighted by atomic mass is 9.89. The van der Waals surface area contributed by atoms with Crippen molar-refractivity contribution in [2.45, 2.75) is 33.1 Å². The van der Waals surface area contributed by atoms with E-state index in [1.54, 1.807) is 6.20 Å². The molecule has 0 radical (unpaired) electrons. The molecule has 2 amide bonds. The number of aryl methyl sites for hydroxylation is 2. The Bertz CT molecular complexity index is 663. The van der Waals surface area contributed by atoms with Gasteiger partial charge in [-0.05, 0) is 55.7 Å². The molecule has 1 saturated heterocycles. The van der Waals surface area contributed by atoms with Crippen molar-refractivity contribution < 1.29 is 4.79 Å². The quantitative estimate of drug-likeness (QED) is 0.934. The Balaban J connectivity index is 1.50. The SMILES string of the molecule is Cc1ccc(CC2CCN(C(=O)Nc3cnns3)CC2)cc1C. The maximum atomic E-state index is 12.2. The fourth-order valence-corrected chi connectivity index (χ4v) is 3.42. The van der Waals surface area contributed by atoms with Gasteiger partial charge in [0.1, 0.15) is 5.00 Å². The first-order chi connectivity index (χ1) is 11.1. The molecule has 0 aliphatic carbocycles. The Kier molecular flexibility index (Phi) is 4.91. The summed E-state index contributed by atoms with van der Waals surface area (Å²) in [5, 5.41) is 7.28. The van der Waals surface area contributed by atoms with Gasteiger partial charge in [-0.2, -0.15) is 0 Å². The van der Waals surface area contributed by atoms with E-state index in [0.29, 0.717) is 10.9 Å². The van der Waals surface area contributed by atoms with Gasteiger partial charge in [0.15, 0.2) is 0 Å². The zero-order valence-corrected chi connectivity index (χ0v) is 14.4. The third-order valence-electron chi connectivity index (χ3n) is 4.59. The van der Waals surface area contributed by atoms with Crippen LogP contribution in [0.15, 0.2) is 24.4 Å². The summed E-state index contributed by atoms with van der Waals surface area (Å²) in [6, 6.07) is 6.69. The summed E-state index contributed by atoms with van der Waals surface area (Å²) in [7, 11) is 0. The second-order valence-electron chi connectivity index (χ2n) is 6.27. The Morgan fingerprint density at radius 1 is 1.30 bits per heavy atom. The van der Waals surface area contributed by atoms with E-state index in [1.807, 2.05) is 4.90 Å². The number of aromatic nitrogens is 2. The van der Waals surface area contributed by atoms with Gasteiger partial charge in [-0.25, -0.2) is 4.79 Å². The molecule has 1 fully saturated rings.